The molecule has 7 rings (SSSR count). The molecule has 0 spiro atoms. The molecule has 0 bridgehead atoms. The number of piperazine rings is 1. The Morgan fingerprint density at radius 2 is 1.63 bits per heavy atom. The highest BCUT2D eigenvalue weighted by atomic mass is 35.5. The Labute approximate surface area is 402 Å². The van der Waals surface area contributed by atoms with Crippen molar-refractivity contribution in [3.63, 3.8) is 0 Å². The van der Waals surface area contributed by atoms with Gasteiger partial charge in [-0.3, -0.25) is 34.2 Å². The number of carbonyl (C=O) groups excluding carboxylic acids is 4. The first kappa shape index (κ1) is 49.6. The van der Waals surface area contributed by atoms with Crippen molar-refractivity contribution in [2.75, 3.05) is 52.5 Å². The number of amides is 4. The van der Waals surface area contributed by atoms with Crippen molar-refractivity contribution < 1.29 is 43.2 Å². The summed E-state index contributed by atoms with van der Waals surface area (Å²) in [5, 5.41) is 32.2. The molecule has 0 saturated carbocycles. The van der Waals surface area contributed by atoms with Gasteiger partial charge in [-0.05, 0) is 58.9 Å². The van der Waals surface area contributed by atoms with E-state index >= 15 is 0 Å². The fourth-order valence-corrected chi connectivity index (χ4v) is 9.37. The van der Waals surface area contributed by atoms with Gasteiger partial charge in [0.15, 0.2) is 0 Å². The number of thiazole rings is 1. The van der Waals surface area contributed by atoms with Crippen LogP contribution in [-0.4, -0.2) is 129 Å². The molecule has 1 unspecified atom stereocenters. The molecule has 2 saturated heterocycles. The third-order valence-electron chi connectivity index (χ3n) is 12.0. The minimum Gasteiger partial charge on any atom is -0.491 e. The SMILES string of the molecule is Cc1ncsc1-c1ccc(CNC(=O)[C@@H]2C[C@@H](O)CN2C(=O)[C@@H](NC(=O)COCCOc2ccc(C(c3ccc(Cl)cc3)N3CCN(C(=O)c4noc(C)c4[N+](=O)[O-])CC3)cc2)C(C)(C)C)cc1. The van der Waals surface area contributed by atoms with E-state index < -0.39 is 57.8 Å². The maximum atomic E-state index is 14.0. The zero-order chi connectivity index (χ0) is 48.7. The lowest BCUT2D eigenvalue weighted by molar-refractivity contribution is -0.386. The number of nitro groups is 1. The number of likely N-dealkylation sites (tertiary alicyclic amines) is 1. The summed E-state index contributed by atoms with van der Waals surface area (Å²) < 4.78 is 16.6. The molecule has 4 atom stereocenters. The fraction of sp³-hybridized carbons (Fsp3) is 0.417. The first-order valence-corrected chi connectivity index (χ1v) is 23.5. The fourth-order valence-electron chi connectivity index (χ4n) is 8.43. The number of aryl methyl sites for hydroxylation is 2. The number of aromatic nitrogens is 2. The number of nitrogens with zero attached hydrogens (tertiary/aromatic N) is 6. The van der Waals surface area contributed by atoms with E-state index in [-0.39, 0.29) is 56.8 Å². The molecule has 3 aromatic carbocycles. The number of nitrogens with one attached hydrogen (secondary N) is 2. The number of hydrogen-bond donors (Lipinski definition) is 3. The molecular weight excluding hydrogens is 916 g/mol. The summed E-state index contributed by atoms with van der Waals surface area (Å²) in [7, 11) is 0. The van der Waals surface area contributed by atoms with Gasteiger partial charge < -0.3 is 39.5 Å². The number of benzene rings is 3. The predicted octanol–water partition coefficient (Wildman–Crippen LogP) is 5.73. The van der Waals surface area contributed by atoms with Gasteiger partial charge in [-0.25, -0.2) is 4.98 Å². The van der Waals surface area contributed by atoms with Crippen LogP contribution < -0.4 is 15.4 Å². The summed E-state index contributed by atoms with van der Waals surface area (Å²) in [6.45, 7) is 10.4. The Bertz CT molecular complexity index is 2570. The molecule has 2 fully saturated rings. The molecule has 4 heterocycles. The molecule has 3 N–H and O–H groups in total. The zero-order valence-corrected chi connectivity index (χ0v) is 40.0. The lowest BCUT2D eigenvalue weighted by Crippen LogP contribution is -2.58. The molecule has 20 heteroatoms. The molecule has 4 amide bonds. The number of ether oxygens (including phenoxy) is 2. The van der Waals surface area contributed by atoms with Gasteiger partial charge in [0.1, 0.15) is 31.0 Å². The third kappa shape index (κ3) is 11.9. The smallest absolute Gasteiger partial charge is 0.344 e. The summed E-state index contributed by atoms with van der Waals surface area (Å²) in [5.74, 6) is -1.40. The predicted molar refractivity (Wildman–Crippen MR) is 253 cm³/mol. The molecule has 68 heavy (non-hydrogen) atoms. The normalized spacial score (nSPS) is 17.4. The minimum absolute atomic E-state index is 0.0285. The van der Waals surface area contributed by atoms with Crippen molar-refractivity contribution in [3.8, 4) is 16.2 Å². The van der Waals surface area contributed by atoms with Crippen molar-refractivity contribution >= 4 is 52.3 Å². The molecule has 2 aliphatic heterocycles. The van der Waals surface area contributed by atoms with Crippen molar-refractivity contribution in [2.24, 2.45) is 5.41 Å². The topological polar surface area (TPSA) is 223 Å². The van der Waals surface area contributed by atoms with E-state index in [9.17, 15) is 34.4 Å². The average Bonchev–Trinajstić information content (AvgIpc) is 4.05. The van der Waals surface area contributed by atoms with Crippen LogP contribution in [0.4, 0.5) is 5.69 Å². The monoisotopic (exact) mass is 970 g/mol. The number of halogens is 1. The van der Waals surface area contributed by atoms with Crippen LogP contribution in [0.2, 0.25) is 5.02 Å². The van der Waals surface area contributed by atoms with E-state index in [2.05, 4.69) is 25.7 Å². The summed E-state index contributed by atoms with van der Waals surface area (Å²) in [6.07, 6.45) is -0.825. The lowest BCUT2D eigenvalue weighted by Gasteiger charge is -2.39. The van der Waals surface area contributed by atoms with E-state index in [1.54, 1.807) is 16.8 Å². The van der Waals surface area contributed by atoms with Gasteiger partial charge in [-0.15, -0.1) is 11.3 Å². The summed E-state index contributed by atoms with van der Waals surface area (Å²) >= 11 is 7.80. The van der Waals surface area contributed by atoms with E-state index in [1.807, 2.05) is 100 Å². The van der Waals surface area contributed by atoms with Crippen LogP contribution in [-0.2, 0) is 25.7 Å². The maximum absolute atomic E-state index is 14.0. The molecule has 0 radical (unpaired) electrons. The zero-order valence-electron chi connectivity index (χ0n) is 38.5. The second-order valence-electron chi connectivity index (χ2n) is 17.9. The molecule has 0 aliphatic carbocycles. The lowest BCUT2D eigenvalue weighted by atomic mass is 9.85. The quantitative estimate of drug-likeness (QED) is 0.0577. The van der Waals surface area contributed by atoms with Gasteiger partial charge in [0.05, 0.1) is 39.8 Å². The van der Waals surface area contributed by atoms with Crippen molar-refractivity contribution in [2.45, 2.75) is 71.8 Å². The average molecular weight is 972 g/mol. The largest absolute Gasteiger partial charge is 0.491 e. The van der Waals surface area contributed by atoms with Gasteiger partial charge in [-0.2, -0.15) is 0 Å². The number of carbonyl (C=O) groups is 4. The maximum Gasteiger partial charge on any atom is 0.344 e. The highest BCUT2D eigenvalue weighted by Crippen LogP contribution is 2.33. The molecule has 2 aliphatic rings. The molecule has 2 aromatic heterocycles. The Kier molecular flexibility index (Phi) is 15.9. The highest BCUT2D eigenvalue weighted by Gasteiger charge is 2.44. The van der Waals surface area contributed by atoms with Gasteiger partial charge in [-0.1, -0.05) is 86.1 Å². The van der Waals surface area contributed by atoms with E-state index in [4.69, 9.17) is 25.6 Å². The van der Waals surface area contributed by atoms with Gasteiger partial charge in [0, 0.05) is 57.6 Å². The van der Waals surface area contributed by atoms with Crippen LogP contribution in [0.15, 0.2) is 82.8 Å². The van der Waals surface area contributed by atoms with Gasteiger partial charge in [0.2, 0.25) is 29.2 Å². The van der Waals surface area contributed by atoms with Crippen molar-refractivity contribution in [1.29, 1.82) is 0 Å². The van der Waals surface area contributed by atoms with Crippen LogP contribution >= 0.6 is 22.9 Å². The number of rotatable bonds is 17. The van der Waals surface area contributed by atoms with E-state index in [0.717, 1.165) is 32.8 Å². The second kappa shape index (κ2) is 21.8. The Balaban J connectivity index is 0.887. The molecule has 360 valence electrons. The minimum atomic E-state index is -1.01. The number of β-amino-alcohol motifs (C(OH)–C–C–N with tert-alkyl or cyclic N) is 1. The number of aliphatic hydroxyl groups excluding tert-OH is 1. The van der Waals surface area contributed by atoms with Crippen LogP contribution in [0.5, 0.6) is 5.75 Å². The second-order valence-corrected chi connectivity index (χ2v) is 19.2. The molecule has 18 nitrogen and oxygen atoms in total. The first-order valence-electron chi connectivity index (χ1n) is 22.2. The van der Waals surface area contributed by atoms with Crippen molar-refractivity contribution in [3.05, 3.63) is 127 Å². The Morgan fingerprint density at radius 3 is 2.25 bits per heavy atom. The number of aliphatic hydroxyl groups is 1. The standard InChI is InChI=1S/C48H55ClN8O10S/c1-29-43(68-28-51-29)34-8-6-31(7-9-34)25-50-45(60)38-24-36(58)26-56(38)47(62)44(48(3,4)5)52-39(59)27-65-22-23-66-37-16-12-33(13-17-37)42(32-10-14-35(49)15-11-32)54-18-20-55(21-19-54)46(61)40-41(57(63)64)30(2)67-53-40/h6-17,28,36,38,42,44,58H,18-27H2,1-5H3,(H,50,60)(H,52,59)/t36-,38+,42?,44-/m1/s1. The molecular formula is C48H55ClN8O10S. The first-order chi connectivity index (χ1) is 32.5. The number of hydrogen-bond acceptors (Lipinski definition) is 14. The Hall–Kier alpha value is -6.25. The third-order valence-corrected chi connectivity index (χ3v) is 13.2. The summed E-state index contributed by atoms with van der Waals surface area (Å²) in [4.78, 5) is 75.4. The highest BCUT2D eigenvalue weighted by molar-refractivity contribution is 7.13. The molecule has 5 aromatic rings. The van der Waals surface area contributed by atoms with Crippen LogP contribution in [0.3, 0.4) is 0 Å². The van der Waals surface area contributed by atoms with E-state index in [1.165, 1.54) is 16.7 Å². The van der Waals surface area contributed by atoms with Crippen LogP contribution in [0, 0.1) is 29.4 Å². The van der Waals surface area contributed by atoms with E-state index in [0.29, 0.717) is 37.0 Å². The Morgan fingerprint density at radius 1 is 0.971 bits per heavy atom. The van der Waals surface area contributed by atoms with Gasteiger partial charge >= 0.3 is 5.69 Å². The summed E-state index contributed by atoms with van der Waals surface area (Å²) in [5.41, 5.74) is 5.13. The summed E-state index contributed by atoms with van der Waals surface area (Å²) in [6, 6.07) is 20.8. The van der Waals surface area contributed by atoms with Gasteiger partial charge in [0.25, 0.3) is 5.91 Å². The van der Waals surface area contributed by atoms with Crippen LogP contribution in [0.1, 0.15) is 71.9 Å². The van der Waals surface area contributed by atoms with Crippen LogP contribution in [0.25, 0.3) is 10.4 Å². The van der Waals surface area contributed by atoms with Crippen molar-refractivity contribution in [1.82, 2.24) is 35.5 Å².